The molecule has 0 aromatic heterocycles. The Morgan fingerprint density at radius 1 is 1.60 bits per heavy atom. The van der Waals surface area contributed by atoms with Crippen LogP contribution in [-0.4, -0.2) is 0 Å². The van der Waals surface area contributed by atoms with Crippen molar-refractivity contribution in [3.8, 4) is 0 Å². The first-order valence-corrected chi connectivity index (χ1v) is 0.365. The van der Waals surface area contributed by atoms with Crippen LogP contribution >= 0.6 is 17.0 Å². The van der Waals surface area contributed by atoms with E-state index in [1.165, 1.54) is 0 Å². The molecule has 0 aromatic rings. The van der Waals surface area contributed by atoms with Gasteiger partial charge in [-0.2, -0.15) is 0 Å². The van der Waals surface area contributed by atoms with Gasteiger partial charge in [-0.15, -0.1) is 22.3 Å². The zero-order chi connectivity index (χ0) is 2.71. The molecule has 0 aliphatic heterocycles. The second-order valence-electron chi connectivity index (χ2n) is 0.0745. The van der Waals surface area contributed by atoms with Crippen molar-refractivity contribution in [1.82, 2.24) is 0 Å². The summed E-state index contributed by atoms with van der Waals surface area (Å²) >= 11 is 0. The second kappa shape index (κ2) is 20.8. The summed E-state index contributed by atoms with van der Waals surface area (Å²) in [6.45, 7) is 0. The summed E-state index contributed by atoms with van der Waals surface area (Å²) in [5.41, 5.74) is 0. The van der Waals surface area contributed by atoms with Crippen LogP contribution in [0.25, 0.3) is 0 Å². The van der Waals surface area contributed by atoms with Gasteiger partial charge in [0.25, 0.3) is 0 Å². The second-order valence-corrected chi connectivity index (χ2v) is 0.0745. The fourth-order valence-corrected chi connectivity index (χ4v) is 0. The predicted molar refractivity (Wildman–Crippen MR) is 19.5 cm³/mol. The van der Waals surface area contributed by atoms with Crippen LogP contribution in [0.2, 0.25) is 0 Å². The molecule has 0 radical (unpaired) electrons. The van der Waals surface area contributed by atoms with Crippen molar-refractivity contribution in [2.45, 2.75) is 0 Å². The van der Waals surface area contributed by atoms with Crippen molar-refractivity contribution in [2.24, 2.45) is 5.34 Å². The van der Waals surface area contributed by atoms with E-state index in [0.717, 1.165) is 5.34 Å². The number of hydrogen-bond donors (Lipinski definition) is 0. The van der Waals surface area contributed by atoms with Crippen LogP contribution in [-0.2, 0) is 0 Å². The van der Waals surface area contributed by atoms with Crippen molar-refractivity contribution in [3.63, 3.8) is 0 Å². The molecule has 0 aliphatic carbocycles. The molecule has 0 spiro atoms. The standard InChI is InChI=1S/BrH.HNO2.Na/c;2-1-3;/h1H;(H,2,3);/q;;+1/p-1. The van der Waals surface area contributed by atoms with Gasteiger partial charge in [0.2, 0.25) is 0 Å². The van der Waals surface area contributed by atoms with Gasteiger partial charge in [0.05, 0.1) is 0 Å². The Morgan fingerprint density at radius 2 is 1.60 bits per heavy atom. The van der Waals surface area contributed by atoms with Gasteiger partial charge in [0.15, 0.2) is 0 Å². The molecule has 0 saturated carbocycles. The third-order valence-corrected chi connectivity index (χ3v) is 0. The van der Waals surface area contributed by atoms with Gasteiger partial charge >= 0.3 is 29.6 Å². The molecular weight excluding hydrogens is 149 g/mol. The molecule has 0 fully saturated rings. The third-order valence-electron chi connectivity index (χ3n) is 0. The minimum Gasteiger partial charge on any atom is -0.444 e. The fourth-order valence-electron chi connectivity index (χ4n) is 0. The fraction of sp³-hybridized carbons (Fsp3) is 0. The quantitative estimate of drug-likeness (QED) is 0.224. The zero-order valence-corrected chi connectivity index (χ0v) is 6.39. The normalized spacial score (nSPS) is 2.40. The maximum atomic E-state index is 8.00. The van der Waals surface area contributed by atoms with E-state index in [4.69, 9.17) is 10.1 Å². The van der Waals surface area contributed by atoms with Gasteiger partial charge in [0, 0.05) is 0 Å². The van der Waals surface area contributed by atoms with Crippen LogP contribution in [0.5, 0.6) is 0 Å². The Bertz CT molecular complexity index is 17.1. The van der Waals surface area contributed by atoms with Crippen molar-refractivity contribution >= 4 is 17.0 Å². The van der Waals surface area contributed by atoms with Gasteiger partial charge in [-0.25, -0.2) is 0 Å². The van der Waals surface area contributed by atoms with E-state index < -0.39 is 0 Å². The molecule has 5 heavy (non-hydrogen) atoms. The maximum Gasteiger partial charge on any atom is 1.00 e. The molecule has 0 rings (SSSR count). The van der Waals surface area contributed by atoms with Crippen LogP contribution in [0.3, 0.4) is 0 Å². The first-order chi connectivity index (χ1) is 1.41. The molecule has 0 saturated heterocycles. The van der Waals surface area contributed by atoms with E-state index >= 15 is 0 Å². The van der Waals surface area contributed by atoms with Crippen molar-refractivity contribution in [3.05, 3.63) is 10.1 Å². The Balaban J connectivity index is -0.0000000200. The van der Waals surface area contributed by atoms with E-state index in [-0.39, 0.29) is 46.5 Å². The molecule has 0 bridgehead atoms. The summed E-state index contributed by atoms with van der Waals surface area (Å²) in [6.07, 6.45) is 0. The molecule has 0 aliphatic rings. The molecule has 0 unspecified atom stereocenters. The third kappa shape index (κ3) is 52.3. The van der Waals surface area contributed by atoms with E-state index in [0.29, 0.717) is 0 Å². The average molecular weight is 150 g/mol. The van der Waals surface area contributed by atoms with Gasteiger partial charge in [-0.1, -0.05) is 0 Å². The smallest absolute Gasteiger partial charge is 0.444 e. The summed E-state index contributed by atoms with van der Waals surface area (Å²) in [7, 11) is 0. The molecular formula is HBrNNaO2. The predicted octanol–water partition coefficient (Wildman–Crippen LogP) is -2.17. The van der Waals surface area contributed by atoms with Crippen molar-refractivity contribution < 1.29 is 29.6 Å². The monoisotopic (exact) mass is 149 g/mol. The zero-order valence-electron chi connectivity index (χ0n) is 2.67. The summed E-state index contributed by atoms with van der Waals surface area (Å²) in [4.78, 5) is 8.00. The van der Waals surface area contributed by atoms with Crippen LogP contribution < -0.4 is 29.6 Å². The topological polar surface area (TPSA) is 52.5 Å². The number of halogens is 1. The van der Waals surface area contributed by atoms with Crippen LogP contribution in [0.15, 0.2) is 5.34 Å². The average Bonchev–Trinajstić information content (AvgIpc) is 0.918. The summed E-state index contributed by atoms with van der Waals surface area (Å²) in [5, 5.41) is 9.00. The first kappa shape index (κ1) is 16.9. The van der Waals surface area contributed by atoms with Crippen LogP contribution in [0.4, 0.5) is 0 Å². The largest absolute Gasteiger partial charge is 1.00 e. The van der Waals surface area contributed by atoms with Gasteiger partial charge in [0.1, 0.15) is 0 Å². The van der Waals surface area contributed by atoms with E-state index in [1.807, 2.05) is 0 Å². The SMILES string of the molecule is Br.O=N[O-].[Na+]. The van der Waals surface area contributed by atoms with Gasteiger partial charge < -0.3 is 10.1 Å². The molecule has 0 N–H and O–H groups in total. The molecule has 0 aromatic carbocycles. The van der Waals surface area contributed by atoms with Crippen molar-refractivity contribution in [1.29, 1.82) is 0 Å². The maximum absolute atomic E-state index is 8.00. The summed E-state index contributed by atoms with van der Waals surface area (Å²) in [6, 6.07) is 0. The Morgan fingerprint density at radius 3 is 1.60 bits per heavy atom. The van der Waals surface area contributed by atoms with Crippen LogP contribution in [0.1, 0.15) is 0 Å². The molecule has 5 heteroatoms. The summed E-state index contributed by atoms with van der Waals surface area (Å²) in [5.74, 6) is 0. The first-order valence-electron chi connectivity index (χ1n) is 0.365. The Kier molecular flexibility index (Phi) is 70.2. The van der Waals surface area contributed by atoms with E-state index in [2.05, 4.69) is 0 Å². The number of nitrogens with zero attached hydrogens (tertiary/aromatic N) is 1. The van der Waals surface area contributed by atoms with Crippen LogP contribution in [0, 0.1) is 10.1 Å². The summed E-state index contributed by atoms with van der Waals surface area (Å²) < 4.78 is 0. The minimum atomic E-state index is 0. The van der Waals surface area contributed by atoms with Gasteiger partial charge in [-0.05, 0) is 0 Å². The Labute approximate surface area is 61.7 Å². The van der Waals surface area contributed by atoms with Crippen molar-refractivity contribution in [2.75, 3.05) is 0 Å². The van der Waals surface area contributed by atoms with Gasteiger partial charge in [-0.3, -0.25) is 0 Å². The molecule has 0 heterocycles. The molecule has 3 nitrogen and oxygen atoms in total. The number of rotatable bonds is 0. The molecule has 26 valence electrons. The van der Waals surface area contributed by atoms with E-state index in [9.17, 15) is 0 Å². The minimum absolute atomic E-state index is 0. The van der Waals surface area contributed by atoms with E-state index in [1.54, 1.807) is 0 Å². The molecule has 0 atom stereocenters. The number of hydrogen-bond acceptors (Lipinski definition) is 3. The molecule has 0 amide bonds. The Hall–Kier alpha value is 0.880.